The highest BCUT2D eigenvalue weighted by molar-refractivity contribution is 7.89. The van der Waals surface area contributed by atoms with Crippen molar-refractivity contribution >= 4 is 15.7 Å². The molecule has 1 aromatic rings. The van der Waals surface area contributed by atoms with E-state index in [9.17, 15) is 8.42 Å². The Balaban J connectivity index is 2.97. The highest BCUT2D eigenvalue weighted by Gasteiger charge is 2.19. The predicted molar refractivity (Wildman–Crippen MR) is 86.1 cm³/mol. The average molecular weight is 314 g/mol. The lowest BCUT2D eigenvalue weighted by molar-refractivity contribution is 0.182. The summed E-state index contributed by atoms with van der Waals surface area (Å²) in [4.78, 5) is 0.288. The van der Waals surface area contributed by atoms with Crippen LogP contribution in [0.15, 0.2) is 29.2 Å². The molecule has 6 heteroatoms. The molecule has 21 heavy (non-hydrogen) atoms. The maximum absolute atomic E-state index is 12.3. The van der Waals surface area contributed by atoms with Gasteiger partial charge in [-0.15, -0.1) is 0 Å². The van der Waals surface area contributed by atoms with Crippen molar-refractivity contribution in [3.05, 3.63) is 24.3 Å². The van der Waals surface area contributed by atoms with Gasteiger partial charge in [0, 0.05) is 19.7 Å². The Morgan fingerprint density at radius 2 is 1.90 bits per heavy atom. The molecule has 0 saturated heterocycles. The Hall–Kier alpha value is -1.11. The van der Waals surface area contributed by atoms with Crippen LogP contribution in [-0.4, -0.2) is 34.7 Å². The summed E-state index contributed by atoms with van der Waals surface area (Å²) in [5, 5.41) is 3.29. The third kappa shape index (κ3) is 5.65. The molecular weight excluding hydrogens is 288 g/mol. The lowest BCUT2D eigenvalue weighted by atomic mass is 10.1. The molecule has 0 aliphatic carbocycles. The molecule has 2 N–H and O–H groups in total. The van der Waals surface area contributed by atoms with E-state index in [1.807, 2.05) is 13.0 Å². The third-order valence-corrected chi connectivity index (χ3v) is 4.60. The highest BCUT2D eigenvalue weighted by Crippen LogP contribution is 2.22. The smallest absolute Gasteiger partial charge is 0.242 e. The molecular formula is C15H26N2O3S. The molecule has 5 nitrogen and oxygen atoms in total. The largest absolute Gasteiger partial charge is 0.383 e. The minimum absolute atomic E-state index is 0.0996. The first-order chi connectivity index (χ1) is 10.0. The van der Waals surface area contributed by atoms with Crippen LogP contribution >= 0.6 is 0 Å². The summed E-state index contributed by atoms with van der Waals surface area (Å²) in [5.74, 6) is 0. The molecule has 0 aliphatic rings. The number of anilines is 1. The SMILES string of the molecule is CCCNS(=O)(=O)c1ccccc1NC(CCC)COC. The molecule has 0 spiro atoms. The van der Waals surface area contributed by atoms with Crippen molar-refractivity contribution < 1.29 is 13.2 Å². The zero-order chi connectivity index (χ0) is 15.7. The van der Waals surface area contributed by atoms with Crippen molar-refractivity contribution in [2.75, 3.05) is 25.6 Å². The van der Waals surface area contributed by atoms with Crippen LogP contribution < -0.4 is 10.0 Å². The molecule has 0 radical (unpaired) electrons. The molecule has 120 valence electrons. The minimum atomic E-state index is -3.48. The summed E-state index contributed by atoms with van der Waals surface area (Å²) in [6, 6.07) is 7.07. The molecule has 1 unspecified atom stereocenters. The second-order valence-corrected chi connectivity index (χ2v) is 6.71. The normalized spacial score (nSPS) is 13.1. The van der Waals surface area contributed by atoms with Crippen LogP contribution in [0.4, 0.5) is 5.69 Å². The average Bonchev–Trinajstić information content (AvgIpc) is 2.46. The van der Waals surface area contributed by atoms with Gasteiger partial charge in [-0.1, -0.05) is 32.4 Å². The van der Waals surface area contributed by atoms with E-state index in [1.54, 1.807) is 25.3 Å². The number of hydrogen-bond acceptors (Lipinski definition) is 4. The number of sulfonamides is 1. The first-order valence-electron chi connectivity index (χ1n) is 7.39. The summed E-state index contributed by atoms with van der Waals surface area (Å²) in [6.07, 6.45) is 2.69. The van der Waals surface area contributed by atoms with Crippen molar-refractivity contribution in [1.82, 2.24) is 4.72 Å². The van der Waals surface area contributed by atoms with E-state index < -0.39 is 10.0 Å². The number of rotatable bonds is 10. The Morgan fingerprint density at radius 1 is 1.19 bits per heavy atom. The van der Waals surface area contributed by atoms with Gasteiger partial charge in [0.1, 0.15) is 4.90 Å². The van der Waals surface area contributed by atoms with Gasteiger partial charge in [0.25, 0.3) is 0 Å². The van der Waals surface area contributed by atoms with Crippen molar-refractivity contribution in [3.63, 3.8) is 0 Å². The minimum Gasteiger partial charge on any atom is -0.383 e. The van der Waals surface area contributed by atoms with E-state index in [1.165, 1.54) is 0 Å². The van der Waals surface area contributed by atoms with Crippen LogP contribution in [0, 0.1) is 0 Å². The molecule has 0 aromatic heterocycles. The van der Waals surface area contributed by atoms with Crippen molar-refractivity contribution in [3.8, 4) is 0 Å². The van der Waals surface area contributed by atoms with Crippen LogP contribution in [0.25, 0.3) is 0 Å². The van der Waals surface area contributed by atoms with Gasteiger partial charge in [0.15, 0.2) is 0 Å². The lowest BCUT2D eigenvalue weighted by Crippen LogP contribution is -2.28. The molecule has 1 rings (SSSR count). The summed E-state index contributed by atoms with van der Waals surface area (Å²) in [7, 11) is -1.83. The maximum atomic E-state index is 12.3. The second kappa shape index (κ2) is 9.02. The fraction of sp³-hybridized carbons (Fsp3) is 0.600. The summed E-state index contributed by atoms with van der Waals surface area (Å²) < 4.78 is 32.4. The van der Waals surface area contributed by atoms with Crippen LogP contribution in [-0.2, 0) is 14.8 Å². The number of methoxy groups -OCH3 is 1. The Morgan fingerprint density at radius 3 is 2.52 bits per heavy atom. The molecule has 1 aromatic carbocycles. The first kappa shape index (κ1) is 17.9. The monoisotopic (exact) mass is 314 g/mol. The summed E-state index contributed by atoms with van der Waals surface area (Å²) in [5.41, 5.74) is 0.622. The van der Waals surface area contributed by atoms with Gasteiger partial charge in [-0.3, -0.25) is 0 Å². The van der Waals surface area contributed by atoms with Crippen molar-refractivity contribution in [2.45, 2.75) is 44.0 Å². The van der Waals surface area contributed by atoms with Crippen LogP contribution in [0.1, 0.15) is 33.1 Å². The zero-order valence-electron chi connectivity index (χ0n) is 13.1. The van der Waals surface area contributed by atoms with E-state index in [0.717, 1.165) is 19.3 Å². The van der Waals surface area contributed by atoms with Gasteiger partial charge < -0.3 is 10.1 Å². The molecule has 0 fully saturated rings. The molecule has 0 heterocycles. The van der Waals surface area contributed by atoms with Crippen LogP contribution in [0.3, 0.4) is 0 Å². The van der Waals surface area contributed by atoms with Gasteiger partial charge in [-0.2, -0.15) is 0 Å². The van der Waals surface area contributed by atoms with Gasteiger partial charge in [-0.05, 0) is 25.0 Å². The molecule has 0 aliphatic heterocycles. The Labute approximate surface area is 128 Å². The highest BCUT2D eigenvalue weighted by atomic mass is 32.2. The van der Waals surface area contributed by atoms with Gasteiger partial charge in [0.05, 0.1) is 12.3 Å². The Kier molecular flexibility index (Phi) is 7.71. The standard InChI is InChI=1S/C15H26N2O3S/c1-4-8-13(12-20-3)17-14-9-6-7-10-15(14)21(18,19)16-11-5-2/h6-7,9-10,13,16-17H,4-5,8,11-12H2,1-3H3. The zero-order valence-corrected chi connectivity index (χ0v) is 13.9. The molecule has 1 atom stereocenters. The van der Waals surface area contributed by atoms with Crippen molar-refractivity contribution in [2.24, 2.45) is 0 Å². The van der Waals surface area contributed by atoms with Gasteiger partial charge in [-0.25, -0.2) is 13.1 Å². The van der Waals surface area contributed by atoms with E-state index >= 15 is 0 Å². The lowest BCUT2D eigenvalue weighted by Gasteiger charge is -2.20. The quantitative estimate of drug-likeness (QED) is 0.696. The van der Waals surface area contributed by atoms with Gasteiger partial charge in [0.2, 0.25) is 10.0 Å². The molecule has 0 bridgehead atoms. The predicted octanol–water partition coefficient (Wildman–Crippen LogP) is 2.60. The number of para-hydroxylation sites is 1. The van der Waals surface area contributed by atoms with E-state index in [-0.39, 0.29) is 10.9 Å². The maximum Gasteiger partial charge on any atom is 0.242 e. The number of ether oxygens (including phenoxy) is 1. The topological polar surface area (TPSA) is 67.4 Å². The summed E-state index contributed by atoms with van der Waals surface area (Å²) >= 11 is 0. The van der Waals surface area contributed by atoms with E-state index in [4.69, 9.17) is 4.74 Å². The Bertz CT molecular complexity index is 511. The first-order valence-corrected chi connectivity index (χ1v) is 8.87. The van der Waals surface area contributed by atoms with Crippen molar-refractivity contribution in [1.29, 1.82) is 0 Å². The number of hydrogen-bond donors (Lipinski definition) is 2. The third-order valence-electron chi connectivity index (χ3n) is 3.08. The second-order valence-electron chi connectivity index (χ2n) is 4.98. The number of benzene rings is 1. The molecule has 0 amide bonds. The van der Waals surface area contributed by atoms with Crippen LogP contribution in [0.5, 0.6) is 0 Å². The van der Waals surface area contributed by atoms with E-state index in [2.05, 4.69) is 17.0 Å². The van der Waals surface area contributed by atoms with E-state index in [0.29, 0.717) is 18.8 Å². The fourth-order valence-electron chi connectivity index (χ4n) is 2.10. The summed E-state index contributed by atoms with van der Waals surface area (Å²) in [6.45, 7) is 5.01. The fourth-order valence-corrected chi connectivity index (χ4v) is 3.40. The van der Waals surface area contributed by atoms with Crippen LogP contribution in [0.2, 0.25) is 0 Å². The number of nitrogens with one attached hydrogen (secondary N) is 2. The molecule has 0 saturated carbocycles. The van der Waals surface area contributed by atoms with Gasteiger partial charge >= 0.3 is 0 Å².